The Morgan fingerprint density at radius 2 is 1.73 bits per heavy atom. The molecule has 0 aliphatic heterocycles. The zero-order valence-electron chi connectivity index (χ0n) is 10.4. The second-order valence-electron chi connectivity index (χ2n) is 3.70. The molecule has 0 saturated heterocycles. The van der Waals surface area contributed by atoms with E-state index in [0.29, 0.717) is 13.2 Å². The minimum atomic E-state index is 0.677. The zero-order valence-corrected chi connectivity index (χ0v) is 10.4. The summed E-state index contributed by atoms with van der Waals surface area (Å²) in [6.45, 7) is 3.17. The Morgan fingerprint density at radius 1 is 1.00 bits per heavy atom. The van der Waals surface area contributed by atoms with Gasteiger partial charge in [-0.05, 0) is 6.42 Å². The average molecular weight is 216 g/mol. The molecule has 0 aliphatic rings. The molecule has 0 aliphatic carbocycles. The third-order valence-corrected chi connectivity index (χ3v) is 1.85. The van der Waals surface area contributed by atoms with Gasteiger partial charge in [0.2, 0.25) is 0 Å². The lowest BCUT2D eigenvalue weighted by atomic mass is 10.4. The van der Waals surface area contributed by atoms with Gasteiger partial charge in [-0.15, -0.1) is 0 Å². The standard InChI is InChI=1S/C11H24N2O2/c1-12(2)7-8-13(3)6-5-9-15-11-10-14-4/h7-8H,5-6,9-11H2,1-4H3/b8-7-. The Balaban J connectivity index is 3.27. The van der Waals surface area contributed by atoms with E-state index in [9.17, 15) is 0 Å². The molecule has 4 heteroatoms. The maximum Gasteiger partial charge on any atom is 0.0700 e. The molecule has 0 aromatic rings. The summed E-state index contributed by atoms with van der Waals surface area (Å²) in [5.74, 6) is 0. The molecular weight excluding hydrogens is 192 g/mol. The van der Waals surface area contributed by atoms with Crippen LogP contribution >= 0.6 is 0 Å². The quantitative estimate of drug-likeness (QED) is 0.537. The van der Waals surface area contributed by atoms with Crippen molar-refractivity contribution in [2.24, 2.45) is 0 Å². The number of methoxy groups -OCH3 is 1. The summed E-state index contributed by atoms with van der Waals surface area (Å²) in [5.41, 5.74) is 0. The van der Waals surface area contributed by atoms with E-state index >= 15 is 0 Å². The van der Waals surface area contributed by atoms with Crippen molar-refractivity contribution in [2.45, 2.75) is 6.42 Å². The van der Waals surface area contributed by atoms with Crippen molar-refractivity contribution in [2.75, 3.05) is 54.6 Å². The molecule has 0 saturated carbocycles. The number of rotatable bonds is 9. The maximum absolute atomic E-state index is 5.36. The normalized spacial score (nSPS) is 10.9. The molecule has 0 unspecified atom stereocenters. The highest BCUT2D eigenvalue weighted by Gasteiger charge is 1.92. The summed E-state index contributed by atoms with van der Waals surface area (Å²) in [6.07, 6.45) is 5.14. The minimum Gasteiger partial charge on any atom is -0.382 e. The van der Waals surface area contributed by atoms with Gasteiger partial charge >= 0.3 is 0 Å². The summed E-state index contributed by atoms with van der Waals surface area (Å²) in [4.78, 5) is 4.17. The molecule has 4 nitrogen and oxygen atoms in total. The molecule has 15 heavy (non-hydrogen) atoms. The lowest BCUT2D eigenvalue weighted by Gasteiger charge is -2.15. The van der Waals surface area contributed by atoms with Crippen LogP contribution in [0.4, 0.5) is 0 Å². The molecule has 0 bridgehead atoms. The Labute approximate surface area is 93.4 Å². The second-order valence-corrected chi connectivity index (χ2v) is 3.70. The highest BCUT2D eigenvalue weighted by atomic mass is 16.5. The molecule has 0 N–H and O–H groups in total. The number of ether oxygens (including phenoxy) is 2. The molecular formula is C11H24N2O2. The van der Waals surface area contributed by atoms with Crippen molar-refractivity contribution in [1.82, 2.24) is 9.80 Å². The summed E-state index contributed by atoms with van der Waals surface area (Å²) >= 11 is 0. The fraction of sp³-hybridized carbons (Fsp3) is 0.818. The fourth-order valence-electron chi connectivity index (χ4n) is 0.982. The molecule has 90 valence electrons. The van der Waals surface area contributed by atoms with E-state index in [1.807, 2.05) is 25.2 Å². The van der Waals surface area contributed by atoms with E-state index in [1.165, 1.54) is 0 Å². The van der Waals surface area contributed by atoms with Gasteiger partial charge in [0, 0.05) is 53.8 Å². The van der Waals surface area contributed by atoms with Crippen LogP contribution in [0.2, 0.25) is 0 Å². The van der Waals surface area contributed by atoms with Crippen molar-refractivity contribution >= 4 is 0 Å². The molecule has 0 spiro atoms. The number of hydrogen-bond donors (Lipinski definition) is 0. The van der Waals surface area contributed by atoms with Gasteiger partial charge in [-0.25, -0.2) is 0 Å². The predicted octanol–water partition coefficient (Wildman–Crippen LogP) is 1.00. The van der Waals surface area contributed by atoms with E-state index in [0.717, 1.165) is 19.6 Å². The van der Waals surface area contributed by atoms with Crippen LogP contribution in [0.5, 0.6) is 0 Å². The fourth-order valence-corrected chi connectivity index (χ4v) is 0.982. The second kappa shape index (κ2) is 9.80. The molecule has 0 amide bonds. The highest BCUT2D eigenvalue weighted by Crippen LogP contribution is 1.91. The smallest absolute Gasteiger partial charge is 0.0700 e. The van der Waals surface area contributed by atoms with Gasteiger partial charge in [0.15, 0.2) is 0 Å². The highest BCUT2D eigenvalue weighted by molar-refractivity contribution is 4.77. The Bertz CT molecular complexity index is 161. The predicted molar refractivity (Wildman–Crippen MR) is 62.8 cm³/mol. The summed E-state index contributed by atoms with van der Waals surface area (Å²) in [6, 6.07) is 0. The van der Waals surface area contributed by atoms with Crippen LogP contribution < -0.4 is 0 Å². The summed E-state index contributed by atoms with van der Waals surface area (Å²) < 4.78 is 10.2. The van der Waals surface area contributed by atoms with Crippen LogP contribution in [0.25, 0.3) is 0 Å². The topological polar surface area (TPSA) is 24.9 Å². The van der Waals surface area contributed by atoms with Crippen LogP contribution in [0.15, 0.2) is 12.4 Å². The van der Waals surface area contributed by atoms with Gasteiger partial charge in [-0.3, -0.25) is 0 Å². The average Bonchev–Trinajstić information content (AvgIpc) is 2.20. The van der Waals surface area contributed by atoms with Crippen LogP contribution in [0.1, 0.15) is 6.42 Å². The van der Waals surface area contributed by atoms with Crippen LogP contribution in [0.3, 0.4) is 0 Å². The maximum atomic E-state index is 5.36. The first kappa shape index (κ1) is 14.3. The molecule has 0 rings (SSSR count). The third kappa shape index (κ3) is 11.2. The zero-order chi connectivity index (χ0) is 11.5. The van der Waals surface area contributed by atoms with E-state index in [4.69, 9.17) is 9.47 Å². The lowest BCUT2D eigenvalue weighted by Crippen LogP contribution is -2.16. The van der Waals surface area contributed by atoms with Gasteiger partial charge in [-0.1, -0.05) is 0 Å². The molecule has 0 atom stereocenters. The number of hydrogen-bond acceptors (Lipinski definition) is 4. The molecule has 0 radical (unpaired) electrons. The van der Waals surface area contributed by atoms with Gasteiger partial charge < -0.3 is 19.3 Å². The van der Waals surface area contributed by atoms with Crippen LogP contribution in [-0.4, -0.2) is 64.4 Å². The largest absolute Gasteiger partial charge is 0.382 e. The Kier molecular flexibility index (Phi) is 9.32. The van der Waals surface area contributed by atoms with Crippen molar-refractivity contribution in [3.05, 3.63) is 12.4 Å². The monoisotopic (exact) mass is 216 g/mol. The van der Waals surface area contributed by atoms with Crippen molar-refractivity contribution < 1.29 is 9.47 Å². The summed E-state index contributed by atoms with van der Waals surface area (Å²) in [5, 5.41) is 0. The molecule has 0 heterocycles. The first-order chi connectivity index (χ1) is 7.16. The van der Waals surface area contributed by atoms with Gasteiger partial charge in [-0.2, -0.15) is 0 Å². The van der Waals surface area contributed by atoms with Gasteiger partial charge in [0.25, 0.3) is 0 Å². The number of nitrogens with zero attached hydrogens (tertiary/aromatic N) is 2. The lowest BCUT2D eigenvalue weighted by molar-refractivity contribution is 0.0675. The van der Waals surface area contributed by atoms with Crippen molar-refractivity contribution in [3.63, 3.8) is 0 Å². The van der Waals surface area contributed by atoms with Crippen molar-refractivity contribution in [1.29, 1.82) is 0 Å². The molecule has 0 aromatic heterocycles. The Hall–Kier alpha value is -0.740. The van der Waals surface area contributed by atoms with Crippen molar-refractivity contribution in [3.8, 4) is 0 Å². The van der Waals surface area contributed by atoms with Crippen LogP contribution in [0, 0.1) is 0 Å². The van der Waals surface area contributed by atoms with E-state index in [2.05, 4.69) is 18.1 Å². The minimum absolute atomic E-state index is 0.677. The van der Waals surface area contributed by atoms with E-state index in [-0.39, 0.29) is 0 Å². The SMILES string of the molecule is COCCOCCCN(C)/C=C\N(C)C. The third-order valence-electron chi connectivity index (χ3n) is 1.85. The van der Waals surface area contributed by atoms with E-state index in [1.54, 1.807) is 7.11 Å². The first-order valence-electron chi connectivity index (χ1n) is 5.28. The molecule has 0 aromatic carbocycles. The van der Waals surface area contributed by atoms with Gasteiger partial charge in [0.1, 0.15) is 0 Å². The van der Waals surface area contributed by atoms with Gasteiger partial charge in [0.05, 0.1) is 13.2 Å². The van der Waals surface area contributed by atoms with Crippen LogP contribution in [-0.2, 0) is 9.47 Å². The van der Waals surface area contributed by atoms with E-state index < -0.39 is 0 Å². The first-order valence-corrected chi connectivity index (χ1v) is 5.28. The summed E-state index contributed by atoms with van der Waals surface area (Å²) in [7, 11) is 7.77. The molecule has 0 fully saturated rings. The Morgan fingerprint density at radius 3 is 2.33 bits per heavy atom.